The molecule has 3 aromatic rings. The number of carbonyl (C=O) groups excluding carboxylic acids is 1. The van der Waals surface area contributed by atoms with Crippen LogP contribution in [0.3, 0.4) is 0 Å². The largest absolute Gasteiger partial charge is 0.488 e. The van der Waals surface area contributed by atoms with Crippen LogP contribution in [0.25, 0.3) is 6.08 Å². The van der Waals surface area contributed by atoms with Crippen molar-refractivity contribution in [2.24, 2.45) is 0 Å². The highest BCUT2D eigenvalue weighted by atomic mass is 127. The Balaban J connectivity index is 1.70. The van der Waals surface area contributed by atoms with Crippen LogP contribution in [-0.4, -0.2) is 5.91 Å². The predicted octanol–water partition coefficient (Wildman–Crippen LogP) is 7.38. The van der Waals surface area contributed by atoms with Gasteiger partial charge in [-0.15, -0.1) is 0 Å². The molecule has 3 aromatic carbocycles. The van der Waals surface area contributed by atoms with Gasteiger partial charge in [-0.25, -0.2) is 0 Å². The maximum absolute atomic E-state index is 12.4. The Morgan fingerprint density at radius 2 is 1.77 bits per heavy atom. The van der Waals surface area contributed by atoms with E-state index in [0.29, 0.717) is 38.7 Å². The van der Waals surface area contributed by atoms with E-state index in [-0.39, 0.29) is 5.57 Å². The molecular formula is C23H14Cl3IN2O2. The summed E-state index contributed by atoms with van der Waals surface area (Å²) < 4.78 is 6.69. The van der Waals surface area contributed by atoms with Gasteiger partial charge in [0.05, 0.1) is 13.6 Å². The van der Waals surface area contributed by atoms with E-state index >= 15 is 0 Å². The van der Waals surface area contributed by atoms with E-state index in [2.05, 4.69) is 27.9 Å². The summed E-state index contributed by atoms with van der Waals surface area (Å²) in [5, 5.41) is 13.6. The summed E-state index contributed by atoms with van der Waals surface area (Å²) >= 11 is 20.0. The van der Waals surface area contributed by atoms with Crippen LogP contribution in [0.1, 0.15) is 11.1 Å². The van der Waals surface area contributed by atoms with Crippen molar-refractivity contribution in [1.82, 2.24) is 0 Å². The van der Waals surface area contributed by atoms with E-state index in [9.17, 15) is 10.1 Å². The smallest absolute Gasteiger partial charge is 0.266 e. The fourth-order valence-electron chi connectivity index (χ4n) is 2.56. The number of hydrogen-bond donors (Lipinski definition) is 1. The molecule has 3 rings (SSSR count). The molecule has 31 heavy (non-hydrogen) atoms. The average molecular weight is 584 g/mol. The molecule has 0 aliphatic rings. The monoisotopic (exact) mass is 582 g/mol. The van der Waals surface area contributed by atoms with Gasteiger partial charge in [0.15, 0.2) is 0 Å². The first-order valence-corrected chi connectivity index (χ1v) is 11.1. The van der Waals surface area contributed by atoms with Crippen LogP contribution in [0.2, 0.25) is 15.1 Å². The zero-order valence-corrected chi connectivity index (χ0v) is 20.3. The quantitative estimate of drug-likeness (QED) is 0.187. The van der Waals surface area contributed by atoms with Gasteiger partial charge >= 0.3 is 0 Å². The van der Waals surface area contributed by atoms with Crippen LogP contribution in [0, 0.1) is 14.9 Å². The fraction of sp³-hybridized carbons (Fsp3) is 0.0435. The third-order valence-corrected chi connectivity index (χ3v) is 5.95. The maximum atomic E-state index is 12.4. The lowest BCUT2D eigenvalue weighted by Gasteiger charge is -2.10. The Kier molecular flexibility index (Phi) is 8.22. The van der Waals surface area contributed by atoms with Gasteiger partial charge < -0.3 is 10.1 Å². The van der Waals surface area contributed by atoms with Crippen molar-refractivity contribution in [3.63, 3.8) is 0 Å². The number of anilines is 1. The molecule has 0 aliphatic heterocycles. The summed E-state index contributed by atoms with van der Waals surface area (Å²) in [4.78, 5) is 12.4. The van der Waals surface area contributed by atoms with Crippen LogP contribution < -0.4 is 10.1 Å². The third kappa shape index (κ3) is 6.62. The van der Waals surface area contributed by atoms with Gasteiger partial charge in [0.1, 0.15) is 24.0 Å². The number of amides is 1. The molecular weight excluding hydrogens is 570 g/mol. The van der Waals surface area contributed by atoms with Crippen molar-refractivity contribution in [2.75, 3.05) is 5.32 Å². The van der Waals surface area contributed by atoms with Gasteiger partial charge in [-0.05, 0) is 88.3 Å². The summed E-state index contributed by atoms with van der Waals surface area (Å²) in [6.45, 7) is 0.328. The van der Waals surface area contributed by atoms with Gasteiger partial charge in [-0.3, -0.25) is 4.79 Å². The summed E-state index contributed by atoms with van der Waals surface area (Å²) in [6, 6.07) is 19.3. The summed E-state index contributed by atoms with van der Waals surface area (Å²) in [6.07, 6.45) is 1.52. The highest BCUT2D eigenvalue weighted by Gasteiger charge is 2.11. The number of rotatable bonds is 6. The zero-order chi connectivity index (χ0) is 22.4. The van der Waals surface area contributed by atoms with Crippen LogP contribution in [0.5, 0.6) is 5.75 Å². The minimum Gasteiger partial charge on any atom is -0.488 e. The molecule has 0 radical (unpaired) electrons. The molecule has 1 amide bonds. The lowest BCUT2D eigenvalue weighted by Crippen LogP contribution is -2.13. The van der Waals surface area contributed by atoms with Crippen molar-refractivity contribution in [1.29, 1.82) is 5.26 Å². The van der Waals surface area contributed by atoms with Crippen LogP contribution in [0.15, 0.2) is 66.2 Å². The first kappa shape index (κ1) is 23.4. The number of carbonyl (C=O) groups is 1. The van der Waals surface area contributed by atoms with Crippen molar-refractivity contribution >= 4 is 75.1 Å². The van der Waals surface area contributed by atoms with E-state index in [4.69, 9.17) is 39.5 Å². The second-order valence-electron chi connectivity index (χ2n) is 6.36. The number of nitrogens with one attached hydrogen (secondary N) is 1. The Bertz CT molecular complexity index is 1190. The van der Waals surface area contributed by atoms with Crippen LogP contribution in [-0.2, 0) is 11.4 Å². The number of nitrogens with zero attached hydrogens (tertiary/aromatic N) is 1. The van der Waals surface area contributed by atoms with E-state index in [0.717, 1.165) is 9.13 Å². The summed E-state index contributed by atoms with van der Waals surface area (Å²) in [5.41, 5.74) is 2.13. The molecule has 0 heterocycles. The van der Waals surface area contributed by atoms with Gasteiger partial charge in [0.2, 0.25) is 0 Å². The number of halogens is 4. The average Bonchev–Trinajstić information content (AvgIpc) is 2.75. The molecule has 0 saturated carbocycles. The molecule has 0 bridgehead atoms. The van der Waals surface area contributed by atoms with Crippen molar-refractivity contribution in [3.8, 4) is 11.8 Å². The molecule has 8 heteroatoms. The van der Waals surface area contributed by atoms with E-state index in [1.165, 1.54) is 6.08 Å². The summed E-state index contributed by atoms with van der Waals surface area (Å²) in [7, 11) is 0. The predicted molar refractivity (Wildman–Crippen MR) is 134 cm³/mol. The summed E-state index contributed by atoms with van der Waals surface area (Å²) in [5.74, 6) is 0.174. The molecule has 156 valence electrons. The van der Waals surface area contributed by atoms with Crippen molar-refractivity contribution in [3.05, 3.63) is 96.0 Å². The lowest BCUT2D eigenvalue weighted by atomic mass is 10.1. The Hall–Kier alpha value is -2.24. The molecule has 0 fully saturated rings. The Morgan fingerprint density at radius 3 is 2.42 bits per heavy atom. The van der Waals surface area contributed by atoms with Gasteiger partial charge in [0, 0.05) is 10.7 Å². The van der Waals surface area contributed by atoms with E-state index in [1.807, 2.05) is 18.2 Å². The third-order valence-electron chi connectivity index (χ3n) is 4.11. The van der Waals surface area contributed by atoms with E-state index < -0.39 is 5.91 Å². The first-order chi connectivity index (χ1) is 14.9. The second-order valence-corrected chi connectivity index (χ2v) is 8.77. The van der Waals surface area contributed by atoms with Crippen LogP contribution in [0.4, 0.5) is 5.69 Å². The number of nitriles is 1. The molecule has 4 nitrogen and oxygen atoms in total. The van der Waals surface area contributed by atoms with Gasteiger partial charge in [0.25, 0.3) is 5.91 Å². The normalized spacial score (nSPS) is 11.0. The fourth-order valence-corrected chi connectivity index (χ4v) is 3.70. The Morgan fingerprint density at radius 1 is 1.03 bits per heavy atom. The maximum Gasteiger partial charge on any atom is 0.266 e. The first-order valence-electron chi connectivity index (χ1n) is 8.90. The van der Waals surface area contributed by atoms with Gasteiger partial charge in [-0.2, -0.15) is 5.26 Å². The molecule has 0 spiro atoms. The molecule has 1 N–H and O–H groups in total. The number of ether oxygens (including phenoxy) is 1. The molecule has 0 unspecified atom stereocenters. The van der Waals surface area contributed by atoms with E-state index in [1.54, 1.807) is 48.5 Å². The molecule has 0 saturated heterocycles. The van der Waals surface area contributed by atoms with Gasteiger partial charge in [-0.1, -0.05) is 46.9 Å². The number of benzene rings is 3. The Labute approximate surface area is 208 Å². The highest BCUT2D eigenvalue weighted by molar-refractivity contribution is 14.1. The second kappa shape index (κ2) is 10.9. The lowest BCUT2D eigenvalue weighted by molar-refractivity contribution is -0.112. The topological polar surface area (TPSA) is 62.1 Å². The van der Waals surface area contributed by atoms with Crippen LogP contribution >= 0.6 is 57.4 Å². The zero-order valence-electron chi connectivity index (χ0n) is 15.8. The minimum atomic E-state index is -0.500. The SMILES string of the molecule is N#C/C(=C/c1ccc(OCc2ccc(Cl)c(Cl)c2)c(I)c1)C(=O)Nc1ccc(Cl)cc1. The molecule has 0 aromatic heterocycles. The number of hydrogen-bond acceptors (Lipinski definition) is 3. The highest BCUT2D eigenvalue weighted by Crippen LogP contribution is 2.26. The minimum absolute atomic E-state index is 0.0183. The van der Waals surface area contributed by atoms with Crippen molar-refractivity contribution < 1.29 is 9.53 Å². The molecule has 0 atom stereocenters. The molecule has 0 aliphatic carbocycles. The standard InChI is InChI=1S/C23H14Cl3IN2O2/c24-17-3-5-18(6-4-17)29-23(30)16(12-28)9-14-2-8-22(21(27)11-14)31-13-15-1-7-19(25)20(26)10-15/h1-11H,13H2,(H,29,30)/b16-9-. The van der Waals surface area contributed by atoms with Crippen molar-refractivity contribution in [2.45, 2.75) is 6.61 Å².